The minimum absolute atomic E-state index is 0.394. The second-order valence-corrected chi connectivity index (χ2v) is 2.98. The molecule has 0 aliphatic heterocycles. The van der Waals surface area contributed by atoms with E-state index in [-0.39, 0.29) is 0 Å². The van der Waals surface area contributed by atoms with Gasteiger partial charge in [0.1, 0.15) is 11.5 Å². The lowest BCUT2D eigenvalue weighted by Gasteiger charge is -1.91. The van der Waals surface area contributed by atoms with Crippen LogP contribution in [-0.2, 0) is 12.8 Å². The number of imidazole rings is 1. The zero-order valence-corrected chi connectivity index (χ0v) is 8.05. The van der Waals surface area contributed by atoms with Crippen LogP contribution in [0.4, 0.5) is 0 Å². The maximum atomic E-state index is 10.9. The van der Waals surface area contributed by atoms with E-state index in [1.165, 1.54) is 0 Å². The van der Waals surface area contributed by atoms with Gasteiger partial charge in [-0.25, -0.2) is 4.98 Å². The van der Waals surface area contributed by atoms with E-state index >= 15 is 0 Å². The Kier molecular flexibility index (Phi) is 3.06. The van der Waals surface area contributed by atoms with E-state index in [0.717, 1.165) is 30.8 Å². The fraction of sp³-hybridized carbons (Fsp3) is 0.556. The largest absolute Gasteiger partial charge is 0.364 e. The molecule has 1 aromatic rings. The molecule has 0 atom stereocenters. The summed E-state index contributed by atoms with van der Waals surface area (Å²) in [5, 5.41) is 0. The normalized spacial score (nSPS) is 10.3. The lowest BCUT2D eigenvalue weighted by molar-refractivity contribution is 0.0995. The summed E-state index contributed by atoms with van der Waals surface area (Å²) in [7, 11) is 0. The van der Waals surface area contributed by atoms with Gasteiger partial charge in [0.2, 0.25) is 0 Å². The average molecular weight is 181 g/mol. The number of nitrogens with two attached hydrogens (primary N) is 1. The lowest BCUT2D eigenvalue weighted by Crippen LogP contribution is -2.13. The molecule has 0 radical (unpaired) electrons. The van der Waals surface area contributed by atoms with Crippen LogP contribution < -0.4 is 5.73 Å². The highest BCUT2D eigenvalue weighted by atomic mass is 16.1. The van der Waals surface area contributed by atoms with E-state index in [2.05, 4.69) is 16.9 Å². The number of primary amides is 1. The average Bonchev–Trinajstić information content (AvgIpc) is 2.48. The number of rotatable bonds is 4. The molecule has 0 aliphatic rings. The number of H-pyrrole nitrogens is 1. The van der Waals surface area contributed by atoms with Crippen LogP contribution in [0.25, 0.3) is 0 Å². The molecule has 72 valence electrons. The Balaban J connectivity index is 2.97. The maximum absolute atomic E-state index is 10.9. The summed E-state index contributed by atoms with van der Waals surface area (Å²) < 4.78 is 0. The topological polar surface area (TPSA) is 71.8 Å². The number of hydrogen-bond donors (Lipinski definition) is 2. The molecule has 0 aromatic carbocycles. The Hall–Kier alpha value is -1.32. The monoisotopic (exact) mass is 181 g/mol. The molecule has 0 spiro atoms. The Labute approximate surface area is 77.6 Å². The van der Waals surface area contributed by atoms with Crippen molar-refractivity contribution in [1.29, 1.82) is 0 Å². The molecule has 0 fully saturated rings. The number of carbonyl (C=O) groups is 1. The molecule has 0 bridgehead atoms. The summed E-state index contributed by atoms with van der Waals surface area (Å²) in [6.07, 6.45) is 2.63. The molecular weight excluding hydrogens is 166 g/mol. The first-order chi connectivity index (χ1) is 6.19. The van der Waals surface area contributed by atoms with Gasteiger partial charge < -0.3 is 10.7 Å². The van der Waals surface area contributed by atoms with Crippen molar-refractivity contribution in [1.82, 2.24) is 9.97 Å². The first kappa shape index (κ1) is 9.77. The minimum Gasteiger partial charge on any atom is -0.364 e. The molecular formula is C9H15N3O. The van der Waals surface area contributed by atoms with E-state index < -0.39 is 5.91 Å². The molecule has 1 amide bonds. The predicted molar refractivity (Wildman–Crippen MR) is 50.5 cm³/mol. The molecule has 4 nitrogen and oxygen atoms in total. The Morgan fingerprint density at radius 1 is 1.54 bits per heavy atom. The molecule has 1 rings (SSSR count). The van der Waals surface area contributed by atoms with Crippen molar-refractivity contribution in [3.05, 3.63) is 17.2 Å². The fourth-order valence-corrected chi connectivity index (χ4v) is 1.28. The Morgan fingerprint density at radius 2 is 2.23 bits per heavy atom. The van der Waals surface area contributed by atoms with Crippen LogP contribution in [0.2, 0.25) is 0 Å². The number of nitrogens with zero attached hydrogens (tertiary/aromatic N) is 1. The van der Waals surface area contributed by atoms with E-state index in [4.69, 9.17) is 5.73 Å². The molecule has 0 aliphatic carbocycles. The quantitative estimate of drug-likeness (QED) is 0.728. The highest BCUT2D eigenvalue weighted by Crippen LogP contribution is 2.07. The summed E-state index contributed by atoms with van der Waals surface area (Å²) in [6, 6.07) is 0. The molecule has 13 heavy (non-hydrogen) atoms. The van der Waals surface area contributed by atoms with Crippen LogP contribution in [0.5, 0.6) is 0 Å². The Morgan fingerprint density at radius 3 is 2.62 bits per heavy atom. The lowest BCUT2D eigenvalue weighted by atomic mass is 10.2. The fourth-order valence-electron chi connectivity index (χ4n) is 1.28. The van der Waals surface area contributed by atoms with Gasteiger partial charge >= 0.3 is 0 Å². The number of aryl methyl sites for hydroxylation is 2. The van der Waals surface area contributed by atoms with Crippen LogP contribution in [-0.4, -0.2) is 15.9 Å². The third-order valence-corrected chi connectivity index (χ3v) is 1.90. The molecule has 1 heterocycles. The third kappa shape index (κ3) is 2.08. The van der Waals surface area contributed by atoms with E-state index in [0.29, 0.717) is 5.69 Å². The van der Waals surface area contributed by atoms with Crippen molar-refractivity contribution in [2.45, 2.75) is 33.1 Å². The van der Waals surface area contributed by atoms with Crippen molar-refractivity contribution in [3.63, 3.8) is 0 Å². The highest BCUT2D eigenvalue weighted by molar-refractivity contribution is 5.92. The molecule has 0 saturated heterocycles. The SMILES string of the molecule is CCCc1nc(C(N)=O)c(CC)[nH]1. The zero-order chi connectivity index (χ0) is 9.84. The number of nitrogens with one attached hydrogen (secondary N) is 1. The van der Waals surface area contributed by atoms with Gasteiger partial charge in [-0.3, -0.25) is 4.79 Å². The number of aromatic amines is 1. The standard InChI is InChI=1S/C9H15N3O/c1-3-5-7-11-6(4-2)8(12-7)9(10)13/h3-5H2,1-2H3,(H2,10,13)(H,11,12). The smallest absolute Gasteiger partial charge is 0.269 e. The summed E-state index contributed by atoms with van der Waals surface area (Å²) in [5.41, 5.74) is 6.42. The van der Waals surface area contributed by atoms with Crippen molar-refractivity contribution < 1.29 is 4.79 Å². The van der Waals surface area contributed by atoms with Gasteiger partial charge in [-0.05, 0) is 12.8 Å². The Bertz CT molecular complexity index is 304. The number of amides is 1. The third-order valence-electron chi connectivity index (χ3n) is 1.90. The first-order valence-corrected chi connectivity index (χ1v) is 4.56. The molecule has 3 N–H and O–H groups in total. The van der Waals surface area contributed by atoms with Crippen LogP contribution in [0.3, 0.4) is 0 Å². The highest BCUT2D eigenvalue weighted by Gasteiger charge is 2.12. The van der Waals surface area contributed by atoms with Crippen molar-refractivity contribution >= 4 is 5.91 Å². The minimum atomic E-state index is -0.449. The van der Waals surface area contributed by atoms with Gasteiger partial charge in [0.05, 0.1) is 0 Å². The van der Waals surface area contributed by atoms with Crippen molar-refractivity contribution in [3.8, 4) is 0 Å². The summed E-state index contributed by atoms with van der Waals surface area (Å²) in [6.45, 7) is 4.04. The second kappa shape index (κ2) is 4.07. The number of carbonyl (C=O) groups excluding carboxylic acids is 1. The van der Waals surface area contributed by atoms with Crippen molar-refractivity contribution in [2.75, 3.05) is 0 Å². The molecule has 0 saturated carbocycles. The zero-order valence-electron chi connectivity index (χ0n) is 8.05. The van der Waals surface area contributed by atoms with Crippen LogP contribution in [0.1, 0.15) is 42.3 Å². The summed E-state index contributed by atoms with van der Waals surface area (Å²) in [4.78, 5) is 18.2. The van der Waals surface area contributed by atoms with Crippen molar-refractivity contribution in [2.24, 2.45) is 5.73 Å². The summed E-state index contributed by atoms with van der Waals surface area (Å²) in [5.74, 6) is 0.406. The number of aromatic nitrogens is 2. The summed E-state index contributed by atoms with van der Waals surface area (Å²) >= 11 is 0. The van der Waals surface area contributed by atoms with Gasteiger partial charge in [0.25, 0.3) is 5.91 Å². The van der Waals surface area contributed by atoms with Gasteiger partial charge in [-0.1, -0.05) is 13.8 Å². The number of hydrogen-bond acceptors (Lipinski definition) is 2. The second-order valence-electron chi connectivity index (χ2n) is 2.98. The van der Waals surface area contributed by atoms with Gasteiger partial charge in [0.15, 0.2) is 0 Å². The van der Waals surface area contributed by atoms with Gasteiger partial charge in [-0.2, -0.15) is 0 Å². The molecule has 1 aromatic heterocycles. The molecule has 0 unspecified atom stereocenters. The van der Waals surface area contributed by atoms with Gasteiger partial charge in [0, 0.05) is 12.1 Å². The van der Waals surface area contributed by atoms with Crippen LogP contribution in [0, 0.1) is 0 Å². The van der Waals surface area contributed by atoms with Gasteiger partial charge in [-0.15, -0.1) is 0 Å². The van der Waals surface area contributed by atoms with E-state index in [1.54, 1.807) is 0 Å². The van der Waals surface area contributed by atoms with Crippen LogP contribution in [0.15, 0.2) is 0 Å². The van der Waals surface area contributed by atoms with E-state index in [9.17, 15) is 4.79 Å². The first-order valence-electron chi connectivity index (χ1n) is 4.56. The molecule has 4 heteroatoms. The van der Waals surface area contributed by atoms with E-state index in [1.807, 2.05) is 6.92 Å². The van der Waals surface area contributed by atoms with Crippen LogP contribution >= 0.6 is 0 Å². The maximum Gasteiger partial charge on any atom is 0.269 e. The predicted octanol–water partition coefficient (Wildman–Crippen LogP) is 1.02.